The van der Waals surface area contributed by atoms with E-state index in [4.69, 9.17) is 21.1 Å². The van der Waals surface area contributed by atoms with Crippen LogP contribution in [0.15, 0.2) is 60.7 Å². The Bertz CT molecular complexity index is 583. The predicted octanol–water partition coefficient (Wildman–Crippen LogP) is 3.71. The topological polar surface area (TPSA) is 52.6 Å². The highest BCUT2D eigenvalue weighted by molar-refractivity contribution is 6.61. The molecule has 2 aromatic rings. The SMILES string of the molecule is O=C(Cl)OC(C(=O)Oc1ccccc1)c1ccccc1. The first-order chi connectivity index (χ1) is 9.66. The summed E-state index contributed by atoms with van der Waals surface area (Å²) in [6.45, 7) is 0. The van der Waals surface area contributed by atoms with Crippen LogP contribution >= 0.6 is 11.6 Å². The van der Waals surface area contributed by atoms with Crippen LogP contribution in [-0.4, -0.2) is 11.4 Å². The zero-order chi connectivity index (χ0) is 14.4. The number of carbonyl (C=O) groups is 2. The summed E-state index contributed by atoms with van der Waals surface area (Å²) >= 11 is 5.20. The molecule has 0 aliphatic rings. The second-order valence-electron chi connectivity index (χ2n) is 3.88. The van der Waals surface area contributed by atoms with Crippen molar-refractivity contribution in [1.29, 1.82) is 0 Å². The van der Waals surface area contributed by atoms with Gasteiger partial charge in [-0.25, -0.2) is 9.59 Å². The van der Waals surface area contributed by atoms with Crippen molar-refractivity contribution in [1.82, 2.24) is 0 Å². The second-order valence-corrected chi connectivity index (χ2v) is 4.19. The standard InChI is InChI=1S/C15H11ClO4/c16-15(18)20-13(11-7-3-1-4-8-11)14(17)19-12-9-5-2-6-10-12/h1-10,13H. The van der Waals surface area contributed by atoms with E-state index in [1.54, 1.807) is 60.7 Å². The molecule has 0 N–H and O–H groups in total. The Hall–Kier alpha value is -2.33. The molecule has 0 spiro atoms. The Labute approximate surface area is 120 Å². The Morgan fingerprint density at radius 2 is 1.45 bits per heavy atom. The summed E-state index contributed by atoms with van der Waals surface area (Å²) in [5.74, 6) is -0.347. The van der Waals surface area contributed by atoms with Crippen molar-refractivity contribution < 1.29 is 19.1 Å². The van der Waals surface area contributed by atoms with Crippen LogP contribution in [0.25, 0.3) is 0 Å². The molecule has 2 aromatic carbocycles. The van der Waals surface area contributed by atoms with Gasteiger partial charge in [-0.15, -0.1) is 0 Å². The van der Waals surface area contributed by atoms with Gasteiger partial charge in [-0.1, -0.05) is 48.5 Å². The maximum Gasteiger partial charge on any atom is 0.404 e. The van der Waals surface area contributed by atoms with Gasteiger partial charge < -0.3 is 9.47 Å². The van der Waals surface area contributed by atoms with E-state index in [-0.39, 0.29) is 0 Å². The van der Waals surface area contributed by atoms with Crippen LogP contribution < -0.4 is 4.74 Å². The van der Waals surface area contributed by atoms with E-state index in [1.165, 1.54) is 0 Å². The smallest absolute Gasteiger partial charge is 0.404 e. The third-order valence-electron chi connectivity index (χ3n) is 2.49. The first-order valence-corrected chi connectivity index (χ1v) is 6.22. The van der Waals surface area contributed by atoms with Gasteiger partial charge in [0.25, 0.3) is 0 Å². The van der Waals surface area contributed by atoms with Gasteiger partial charge in [-0.05, 0) is 12.1 Å². The molecular formula is C15H11ClO4. The van der Waals surface area contributed by atoms with Gasteiger partial charge in [-0.2, -0.15) is 0 Å². The van der Waals surface area contributed by atoms with Crippen LogP contribution in [0, 0.1) is 0 Å². The molecule has 0 heterocycles. The number of hydrogen-bond donors (Lipinski definition) is 0. The van der Waals surface area contributed by atoms with Crippen molar-refractivity contribution in [2.75, 3.05) is 0 Å². The lowest BCUT2D eigenvalue weighted by molar-refractivity contribution is -0.143. The summed E-state index contributed by atoms with van der Waals surface area (Å²) in [5.41, 5.74) is -0.578. The van der Waals surface area contributed by atoms with Crippen molar-refractivity contribution in [3.63, 3.8) is 0 Å². The zero-order valence-corrected chi connectivity index (χ0v) is 11.1. The second kappa shape index (κ2) is 6.73. The molecule has 0 aliphatic carbocycles. The largest absolute Gasteiger partial charge is 0.433 e. The molecule has 0 saturated heterocycles. The lowest BCUT2D eigenvalue weighted by Crippen LogP contribution is -2.22. The number of hydrogen-bond acceptors (Lipinski definition) is 4. The van der Waals surface area contributed by atoms with E-state index in [0.717, 1.165) is 0 Å². The number of carbonyl (C=O) groups excluding carboxylic acids is 2. The van der Waals surface area contributed by atoms with E-state index >= 15 is 0 Å². The van der Waals surface area contributed by atoms with E-state index in [2.05, 4.69) is 0 Å². The van der Waals surface area contributed by atoms with Crippen LogP contribution in [0.4, 0.5) is 4.79 Å². The number of ether oxygens (including phenoxy) is 2. The average molecular weight is 291 g/mol. The number of rotatable bonds is 4. The molecule has 1 unspecified atom stereocenters. The van der Waals surface area contributed by atoms with Gasteiger partial charge in [-0.3, -0.25) is 0 Å². The molecule has 0 fully saturated rings. The first kappa shape index (κ1) is 14.1. The minimum Gasteiger partial charge on any atom is -0.433 e. The number of para-hydroxylation sites is 1. The highest BCUT2D eigenvalue weighted by Crippen LogP contribution is 2.22. The molecule has 0 aromatic heterocycles. The fourth-order valence-electron chi connectivity index (χ4n) is 1.63. The molecule has 20 heavy (non-hydrogen) atoms. The van der Waals surface area contributed by atoms with Crippen molar-refractivity contribution in [2.24, 2.45) is 0 Å². The molecule has 0 radical (unpaired) electrons. The Kier molecular flexibility index (Phi) is 4.74. The number of benzene rings is 2. The van der Waals surface area contributed by atoms with Crippen molar-refractivity contribution in [2.45, 2.75) is 6.10 Å². The minimum absolute atomic E-state index is 0.365. The molecule has 0 aliphatic heterocycles. The molecule has 102 valence electrons. The zero-order valence-electron chi connectivity index (χ0n) is 10.4. The van der Waals surface area contributed by atoms with Gasteiger partial charge >= 0.3 is 11.4 Å². The van der Waals surface area contributed by atoms with Gasteiger partial charge in [0.05, 0.1) is 0 Å². The predicted molar refractivity (Wildman–Crippen MR) is 73.6 cm³/mol. The maximum atomic E-state index is 12.1. The summed E-state index contributed by atoms with van der Waals surface area (Å²) in [6.07, 6.45) is -1.19. The van der Waals surface area contributed by atoms with Crippen molar-refractivity contribution in [3.8, 4) is 5.75 Å². The lowest BCUT2D eigenvalue weighted by atomic mass is 10.1. The average Bonchev–Trinajstić information content (AvgIpc) is 2.46. The summed E-state index contributed by atoms with van der Waals surface area (Å²) in [6, 6.07) is 17.0. The maximum absolute atomic E-state index is 12.1. The Morgan fingerprint density at radius 1 is 0.900 bits per heavy atom. The number of esters is 1. The quantitative estimate of drug-likeness (QED) is 0.489. The first-order valence-electron chi connectivity index (χ1n) is 5.84. The molecule has 1 atom stereocenters. The Balaban J connectivity index is 2.18. The number of halogens is 1. The fourth-order valence-corrected chi connectivity index (χ4v) is 1.72. The van der Waals surface area contributed by atoms with Crippen molar-refractivity contribution in [3.05, 3.63) is 66.2 Å². The van der Waals surface area contributed by atoms with Crippen LogP contribution in [0.5, 0.6) is 5.75 Å². The molecule has 0 amide bonds. The lowest BCUT2D eigenvalue weighted by Gasteiger charge is -2.15. The highest BCUT2D eigenvalue weighted by Gasteiger charge is 2.26. The summed E-state index contributed by atoms with van der Waals surface area (Å²) < 4.78 is 9.98. The van der Waals surface area contributed by atoms with E-state index < -0.39 is 17.5 Å². The highest BCUT2D eigenvalue weighted by atomic mass is 35.5. The summed E-state index contributed by atoms with van der Waals surface area (Å²) in [7, 11) is 0. The fraction of sp³-hybridized carbons (Fsp3) is 0.0667. The third kappa shape index (κ3) is 3.83. The third-order valence-corrected chi connectivity index (χ3v) is 2.58. The molecule has 4 nitrogen and oxygen atoms in total. The van der Waals surface area contributed by atoms with Crippen LogP contribution in [-0.2, 0) is 9.53 Å². The van der Waals surface area contributed by atoms with Gasteiger partial charge in [0.1, 0.15) is 5.75 Å². The summed E-state index contributed by atoms with van der Waals surface area (Å²) in [5, 5.41) is 0. The van der Waals surface area contributed by atoms with E-state index in [0.29, 0.717) is 11.3 Å². The summed E-state index contributed by atoms with van der Waals surface area (Å²) in [4.78, 5) is 23.0. The normalized spacial score (nSPS) is 11.4. The molecule has 2 rings (SSSR count). The monoisotopic (exact) mass is 290 g/mol. The van der Waals surface area contributed by atoms with Crippen LogP contribution in [0.2, 0.25) is 0 Å². The minimum atomic E-state index is -1.19. The molecule has 0 bridgehead atoms. The van der Waals surface area contributed by atoms with Gasteiger partial charge in [0.15, 0.2) is 0 Å². The van der Waals surface area contributed by atoms with Crippen LogP contribution in [0.1, 0.15) is 11.7 Å². The van der Waals surface area contributed by atoms with Gasteiger partial charge in [0.2, 0.25) is 6.10 Å². The van der Waals surface area contributed by atoms with E-state index in [1.807, 2.05) is 0 Å². The van der Waals surface area contributed by atoms with Crippen LogP contribution in [0.3, 0.4) is 0 Å². The molecular weight excluding hydrogens is 280 g/mol. The molecule has 5 heteroatoms. The Morgan fingerprint density at radius 3 is 2.00 bits per heavy atom. The van der Waals surface area contributed by atoms with Crippen molar-refractivity contribution >= 4 is 23.0 Å². The van der Waals surface area contributed by atoms with Gasteiger partial charge in [0, 0.05) is 17.2 Å². The van der Waals surface area contributed by atoms with E-state index in [9.17, 15) is 9.59 Å². The molecule has 0 saturated carbocycles.